The number of carbonyl (C=O) groups excluding carboxylic acids is 1. The topological polar surface area (TPSA) is 72.7 Å². The third kappa shape index (κ3) is 3.14. The maximum absolute atomic E-state index is 12.0. The molecule has 0 aliphatic heterocycles. The molecule has 1 amide bonds. The van der Waals surface area contributed by atoms with Crippen LogP contribution < -0.4 is 5.32 Å². The number of aromatic nitrogens is 4. The van der Waals surface area contributed by atoms with Gasteiger partial charge in [-0.05, 0) is 6.07 Å². The minimum Gasteiger partial charge on any atom is -0.300 e. The molecule has 22 heavy (non-hydrogen) atoms. The van der Waals surface area contributed by atoms with E-state index in [2.05, 4.69) is 34.5 Å². The highest BCUT2D eigenvalue weighted by Gasteiger charge is 2.11. The molecule has 0 spiro atoms. The summed E-state index contributed by atoms with van der Waals surface area (Å²) in [7, 11) is 0. The number of rotatable bonds is 5. The highest BCUT2D eigenvalue weighted by molar-refractivity contribution is 7.15. The van der Waals surface area contributed by atoms with E-state index in [9.17, 15) is 4.79 Å². The largest absolute Gasteiger partial charge is 0.300 e. The average Bonchev–Trinajstić information content (AvgIpc) is 3.12. The lowest BCUT2D eigenvalue weighted by atomic mass is 10.2. The van der Waals surface area contributed by atoms with E-state index in [0.717, 1.165) is 15.9 Å². The van der Waals surface area contributed by atoms with Gasteiger partial charge in [0.15, 0.2) is 0 Å². The Morgan fingerprint density at radius 1 is 1.32 bits per heavy atom. The molecule has 1 N–H and O–H groups in total. The molecule has 3 rings (SSSR count). The SMILES string of the molecule is CC(C)c1nnc(NC(=O)CCn2ncc3ccccc32)s1. The number of hydrogen-bond donors (Lipinski definition) is 1. The van der Waals surface area contributed by atoms with Crippen LogP contribution in [0.3, 0.4) is 0 Å². The average molecular weight is 315 g/mol. The van der Waals surface area contributed by atoms with Crippen molar-refractivity contribution < 1.29 is 4.79 Å². The first-order valence-electron chi connectivity index (χ1n) is 7.17. The van der Waals surface area contributed by atoms with Crippen LogP contribution in [0.5, 0.6) is 0 Å². The van der Waals surface area contributed by atoms with Gasteiger partial charge in [-0.3, -0.25) is 9.48 Å². The van der Waals surface area contributed by atoms with E-state index in [4.69, 9.17) is 0 Å². The first-order valence-corrected chi connectivity index (χ1v) is 7.99. The Kier molecular flexibility index (Phi) is 4.15. The van der Waals surface area contributed by atoms with E-state index in [1.165, 1.54) is 11.3 Å². The summed E-state index contributed by atoms with van der Waals surface area (Å²) < 4.78 is 1.84. The quantitative estimate of drug-likeness (QED) is 0.785. The van der Waals surface area contributed by atoms with Gasteiger partial charge >= 0.3 is 0 Å². The van der Waals surface area contributed by atoms with Crippen LogP contribution in [0.15, 0.2) is 30.5 Å². The van der Waals surface area contributed by atoms with Gasteiger partial charge in [-0.15, -0.1) is 10.2 Å². The van der Waals surface area contributed by atoms with Crippen molar-refractivity contribution in [2.24, 2.45) is 0 Å². The van der Waals surface area contributed by atoms with Crippen molar-refractivity contribution in [1.29, 1.82) is 0 Å². The molecule has 0 atom stereocenters. The Labute approximate surface area is 132 Å². The number of nitrogens with zero attached hydrogens (tertiary/aromatic N) is 4. The van der Waals surface area contributed by atoms with Crippen LogP contribution in [0.25, 0.3) is 10.9 Å². The molecule has 0 radical (unpaired) electrons. The summed E-state index contributed by atoms with van der Waals surface area (Å²) in [5.41, 5.74) is 1.04. The normalized spacial score (nSPS) is 11.2. The molecule has 6 nitrogen and oxygen atoms in total. The molecule has 0 saturated heterocycles. The first kappa shape index (κ1) is 14.6. The Hall–Kier alpha value is -2.28. The summed E-state index contributed by atoms with van der Waals surface area (Å²) in [4.78, 5) is 12.0. The fourth-order valence-corrected chi connectivity index (χ4v) is 2.87. The zero-order valence-electron chi connectivity index (χ0n) is 12.5. The van der Waals surface area contributed by atoms with Crippen LogP contribution in [0.1, 0.15) is 31.2 Å². The Balaban J connectivity index is 1.60. The molecule has 7 heteroatoms. The lowest BCUT2D eigenvalue weighted by molar-refractivity contribution is -0.116. The number of nitrogens with one attached hydrogen (secondary N) is 1. The molecule has 3 aromatic rings. The number of fused-ring (bicyclic) bond motifs is 1. The molecule has 1 aromatic carbocycles. The molecule has 0 bridgehead atoms. The van der Waals surface area contributed by atoms with Crippen LogP contribution in [0, 0.1) is 0 Å². The standard InChI is InChI=1S/C15H17N5OS/c1-10(2)14-18-19-15(22-14)17-13(21)7-8-20-12-6-4-3-5-11(12)9-16-20/h3-6,9-10H,7-8H2,1-2H3,(H,17,19,21). The van der Waals surface area contributed by atoms with Crippen molar-refractivity contribution in [2.45, 2.75) is 32.7 Å². The summed E-state index contributed by atoms with van der Waals surface area (Å²) in [6, 6.07) is 7.95. The molecule has 0 saturated carbocycles. The number of hydrogen-bond acceptors (Lipinski definition) is 5. The van der Waals surface area contributed by atoms with Crippen molar-refractivity contribution in [2.75, 3.05) is 5.32 Å². The van der Waals surface area contributed by atoms with Crippen LogP contribution in [-0.2, 0) is 11.3 Å². The van der Waals surface area contributed by atoms with Crippen LogP contribution in [-0.4, -0.2) is 25.9 Å². The Bertz CT molecular complexity index is 792. The zero-order chi connectivity index (χ0) is 15.5. The number of aryl methyl sites for hydroxylation is 1. The fraction of sp³-hybridized carbons (Fsp3) is 0.333. The lowest BCUT2D eigenvalue weighted by Gasteiger charge is -2.03. The van der Waals surface area contributed by atoms with Gasteiger partial charge < -0.3 is 5.32 Å². The Morgan fingerprint density at radius 3 is 2.91 bits per heavy atom. The highest BCUT2D eigenvalue weighted by atomic mass is 32.1. The zero-order valence-corrected chi connectivity index (χ0v) is 13.3. The number of carbonyl (C=O) groups is 1. The van der Waals surface area contributed by atoms with E-state index < -0.39 is 0 Å². The lowest BCUT2D eigenvalue weighted by Crippen LogP contribution is -2.14. The van der Waals surface area contributed by atoms with Crippen LogP contribution >= 0.6 is 11.3 Å². The molecular formula is C15H17N5OS. The van der Waals surface area contributed by atoms with Crippen molar-refractivity contribution in [3.8, 4) is 0 Å². The molecule has 2 heterocycles. The third-order valence-electron chi connectivity index (χ3n) is 3.28. The summed E-state index contributed by atoms with van der Waals surface area (Å²) in [6.45, 7) is 4.64. The number of para-hydroxylation sites is 1. The molecule has 114 valence electrons. The van der Waals surface area contributed by atoms with Gasteiger partial charge in [0.2, 0.25) is 11.0 Å². The first-order chi connectivity index (χ1) is 10.6. The summed E-state index contributed by atoms with van der Waals surface area (Å²) in [6.07, 6.45) is 2.16. The fourth-order valence-electron chi connectivity index (χ4n) is 2.11. The minimum atomic E-state index is -0.0777. The third-order valence-corrected chi connectivity index (χ3v) is 4.42. The van der Waals surface area contributed by atoms with E-state index in [1.54, 1.807) is 0 Å². The van der Waals surface area contributed by atoms with Crippen molar-refractivity contribution >= 4 is 33.3 Å². The van der Waals surface area contributed by atoms with Gasteiger partial charge in [-0.1, -0.05) is 43.4 Å². The number of benzene rings is 1. The van der Waals surface area contributed by atoms with Gasteiger partial charge in [0.25, 0.3) is 0 Å². The van der Waals surface area contributed by atoms with Gasteiger partial charge in [0.05, 0.1) is 18.3 Å². The molecule has 2 aromatic heterocycles. The summed E-state index contributed by atoms with van der Waals surface area (Å²) in [5.74, 6) is 0.240. The predicted molar refractivity (Wildman–Crippen MR) is 87.0 cm³/mol. The van der Waals surface area contributed by atoms with Gasteiger partial charge in [0, 0.05) is 17.7 Å². The highest BCUT2D eigenvalue weighted by Crippen LogP contribution is 2.22. The smallest absolute Gasteiger partial charge is 0.228 e. The van der Waals surface area contributed by atoms with E-state index in [1.807, 2.05) is 35.1 Å². The maximum atomic E-state index is 12.0. The van der Waals surface area contributed by atoms with E-state index >= 15 is 0 Å². The maximum Gasteiger partial charge on any atom is 0.228 e. The van der Waals surface area contributed by atoms with Crippen molar-refractivity contribution in [3.05, 3.63) is 35.5 Å². The monoisotopic (exact) mass is 315 g/mol. The number of amides is 1. The summed E-state index contributed by atoms with van der Waals surface area (Å²) in [5, 5.41) is 17.7. The van der Waals surface area contributed by atoms with Crippen molar-refractivity contribution in [3.63, 3.8) is 0 Å². The van der Waals surface area contributed by atoms with E-state index in [0.29, 0.717) is 24.0 Å². The molecule has 0 aliphatic carbocycles. The van der Waals surface area contributed by atoms with Gasteiger partial charge in [-0.2, -0.15) is 5.10 Å². The second-order valence-corrected chi connectivity index (χ2v) is 6.33. The van der Waals surface area contributed by atoms with Gasteiger partial charge in [-0.25, -0.2) is 0 Å². The van der Waals surface area contributed by atoms with Crippen LogP contribution in [0.4, 0.5) is 5.13 Å². The molecule has 0 aliphatic rings. The second-order valence-electron chi connectivity index (χ2n) is 5.32. The second kappa shape index (κ2) is 6.23. The molecule has 0 unspecified atom stereocenters. The summed E-state index contributed by atoms with van der Waals surface area (Å²) >= 11 is 1.42. The predicted octanol–water partition coefficient (Wildman–Crippen LogP) is 3.04. The van der Waals surface area contributed by atoms with Gasteiger partial charge in [0.1, 0.15) is 5.01 Å². The molecular weight excluding hydrogens is 298 g/mol. The van der Waals surface area contributed by atoms with E-state index in [-0.39, 0.29) is 5.91 Å². The molecule has 0 fully saturated rings. The van der Waals surface area contributed by atoms with Crippen LogP contribution in [0.2, 0.25) is 0 Å². The van der Waals surface area contributed by atoms with Crippen molar-refractivity contribution in [1.82, 2.24) is 20.0 Å². The Morgan fingerprint density at radius 2 is 2.14 bits per heavy atom. The minimum absolute atomic E-state index is 0.0777. The number of anilines is 1.